The highest BCUT2D eigenvalue weighted by Gasteiger charge is 2.38. The summed E-state index contributed by atoms with van der Waals surface area (Å²) in [5.41, 5.74) is 4.77. The van der Waals surface area contributed by atoms with Crippen LogP contribution in [0.3, 0.4) is 0 Å². The van der Waals surface area contributed by atoms with Crippen LogP contribution in [0.4, 0.5) is 0 Å². The quantitative estimate of drug-likeness (QED) is 0.525. The first kappa shape index (κ1) is 24.9. The average Bonchev–Trinajstić information content (AvgIpc) is 3.31. The van der Waals surface area contributed by atoms with Crippen molar-refractivity contribution in [2.24, 2.45) is 16.3 Å². The van der Waals surface area contributed by atoms with E-state index in [9.17, 15) is 9.90 Å². The van der Waals surface area contributed by atoms with Gasteiger partial charge in [0.2, 0.25) is 0 Å². The van der Waals surface area contributed by atoms with Gasteiger partial charge in [-0.05, 0) is 38.2 Å². The Morgan fingerprint density at radius 1 is 1.19 bits per heavy atom. The minimum Gasteiger partial charge on any atom is -0.481 e. The molecule has 1 N–H and O–H groups in total. The molecule has 1 aromatic carbocycles. The van der Waals surface area contributed by atoms with Gasteiger partial charge in [-0.1, -0.05) is 45.0 Å². The van der Waals surface area contributed by atoms with Crippen molar-refractivity contribution in [2.45, 2.75) is 54.0 Å². The molecule has 188 valence electrons. The molecule has 0 saturated carbocycles. The second kappa shape index (κ2) is 9.25. The Balaban J connectivity index is 1.63. The van der Waals surface area contributed by atoms with Crippen LogP contribution in [-0.2, 0) is 14.1 Å². The van der Waals surface area contributed by atoms with Gasteiger partial charge in [0, 0.05) is 34.6 Å². The zero-order valence-electron chi connectivity index (χ0n) is 21.5. The number of carboxylic acid groups (broad SMARTS) is 1. The van der Waals surface area contributed by atoms with E-state index in [-0.39, 0.29) is 5.41 Å². The number of thiophene rings is 1. The Hall–Kier alpha value is -2.82. The van der Waals surface area contributed by atoms with Crippen LogP contribution in [-0.4, -0.2) is 51.9 Å². The summed E-state index contributed by atoms with van der Waals surface area (Å²) in [6, 6.07) is 7.41. The minimum absolute atomic E-state index is 0.00276. The van der Waals surface area contributed by atoms with Crippen LogP contribution in [0.25, 0.3) is 5.00 Å². The highest BCUT2D eigenvalue weighted by molar-refractivity contribution is 7.15. The van der Waals surface area contributed by atoms with Gasteiger partial charge in [0.25, 0.3) is 0 Å². The van der Waals surface area contributed by atoms with E-state index in [0.29, 0.717) is 25.5 Å². The molecule has 0 radical (unpaired) electrons. The molecular weight excluding hydrogens is 475 g/mol. The van der Waals surface area contributed by atoms with Crippen LogP contribution in [0.5, 0.6) is 0 Å². The number of fused-ring (bicyclic) bond motifs is 3. The third kappa shape index (κ3) is 4.21. The average molecular weight is 506 g/mol. The fourth-order valence-electron chi connectivity index (χ4n) is 4.83. The Bertz CT molecular complexity index is 1330. The van der Waals surface area contributed by atoms with E-state index < -0.39 is 25.0 Å². The number of rotatable bonds is 5. The molecule has 3 aromatic rings. The summed E-state index contributed by atoms with van der Waals surface area (Å²) in [5, 5.41) is 19.7. The summed E-state index contributed by atoms with van der Waals surface area (Å²) in [6.45, 7) is 13.5. The molecule has 1 unspecified atom stereocenters. The summed E-state index contributed by atoms with van der Waals surface area (Å²) < 4.78 is 13.9. The second-order valence-electron chi connectivity index (χ2n) is 10.4. The molecule has 5 rings (SSSR count). The van der Waals surface area contributed by atoms with E-state index >= 15 is 0 Å². The second-order valence-corrected chi connectivity index (χ2v) is 11.6. The van der Waals surface area contributed by atoms with Crippen molar-refractivity contribution < 1.29 is 19.2 Å². The van der Waals surface area contributed by atoms with E-state index in [4.69, 9.17) is 14.3 Å². The Morgan fingerprint density at radius 2 is 1.86 bits per heavy atom. The normalized spacial score (nSPS) is 19.8. The van der Waals surface area contributed by atoms with Crippen molar-refractivity contribution in [3.63, 3.8) is 0 Å². The molecule has 2 aliphatic heterocycles. The van der Waals surface area contributed by atoms with Gasteiger partial charge in [-0.3, -0.25) is 14.4 Å². The number of carboxylic acids is 1. The van der Waals surface area contributed by atoms with E-state index in [1.54, 1.807) is 11.3 Å². The summed E-state index contributed by atoms with van der Waals surface area (Å²) >= 11 is 1.66. The van der Waals surface area contributed by atoms with Crippen LogP contribution in [0.15, 0.2) is 29.3 Å². The molecule has 0 spiro atoms. The van der Waals surface area contributed by atoms with Gasteiger partial charge < -0.3 is 14.4 Å². The standard InChI is InChI=1S/C26H31BN4O4S/c1-7-19(25(32)33)22-23-30-29-16(4)31(23)24-20(14(2)15(3)36-24)21(28-22)17-8-10-18(11-9-17)27-34-12-26(5,6)13-35-27/h8-11,19,22H,7,12-13H2,1-6H3,(H,32,33)/t19-,22?/m0/s1. The molecule has 1 fully saturated rings. The maximum atomic E-state index is 12.2. The summed E-state index contributed by atoms with van der Waals surface area (Å²) in [5.74, 6) is -0.313. The smallest absolute Gasteiger partial charge is 0.481 e. The molecule has 1 saturated heterocycles. The Labute approximate surface area is 215 Å². The molecule has 2 aromatic heterocycles. The van der Waals surface area contributed by atoms with E-state index in [1.807, 2.05) is 42.7 Å². The third-order valence-electron chi connectivity index (χ3n) is 7.03. The lowest BCUT2D eigenvalue weighted by molar-refractivity contribution is -0.142. The van der Waals surface area contributed by atoms with Crippen molar-refractivity contribution >= 4 is 35.6 Å². The minimum atomic E-state index is -0.888. The van der Waals surface area contributed by atoms with E-state index in [1.165, 1.54) is 4.88 Å². The molecule has 0 bridgehead atoms. The monoisotopic (exact) mass is 506 g/mol. The number of aryl methyl sites for hydroxylation is 2. The van der Waals surface area contributed by atoms with Crippen LogP contribution >= 0.6 is 11.3 Å². The molecule has 0 amide bonds. The molecule has 36 heavy (non-hydrogen) atoms. The van der Waals surface area contributed by atoms with Crippen molar-refractivity contribution in [2.75, 3.05) is 13.2 Å². The summed E-state index contributed by atoms with van der Waals surface area (Å²) in [7, 11) is -0.397. The highest BCUT2D eigenvalue weighted by atomic mass is 32.1. The Morgan fingerprint density at radius 3 is 2.47 bits per heavy atom. The molecular formula is C26H31BN4O4S. The fourth-order valence-corrected chi connectivity index (χ4v) is 6.05. The van der Waals surface area contributed by atoms with Crippen LogP contribution < -0.4 is 5.46 Å². The first-order valence-electron chi connectivity index (χ1n) is 12.3. The van der Waals surface area contributed by atoms with Gasteiger partial charge in [-0.15, -0.1) is 21.5 Å². The Kier molecular flexibility index (Phi) is 6.38. The van der Waals surface area contributed by atoms with Crippen molar-refractivity contribution in [3.05, 3.63) is 57.5 Å². The molecule has 0 aliphatic carbocycles. The lowest BCUT2D eigenvalue weighted by atomic mass is 9.75. The topological polar surface area (TPSA) is 98.8 Å². The van der Waals surface area contributed by atoms with E-state index in [0.717, 1.165) is 38.7 Å². The van der Waals surface area contributed by atoms with E-state index in [2.05, 4.69) is 37.9 Å². The van der Waals surface area contributed by atoms with Gasteiger partial charge in [0.05, 0.1) is 11.6 Å². The summed E-state index contributed by atoms with van der Waals surface area (Å²) in [6.07, 6.45) is 0.431. The number of aliphatic imine (C=N–C) groups is 1. The predicted octanol–water partition coefficient (Wildman–Crippen LogP) is 4.03. The maximum Gasteiger partial charge on any atom is 0.493 e. The van der Waals surface area contributed by atoms with Gasteiger partial charge in [0.1, 0.15) is 16.9 Å². The first-order chi connectivity index (χ1) is 17.1. The van der Waals surface area contributed by atoms with Crippen molar-refractivity contribution in [1.82, 2.24) is 14.8 Å². The SMILES string of the molecule is CC[C@H](C(=O)O)C1N=C(c2ccc(B3OCC(C)(C)CO3)cc2)c2c(sc(C)c2C)-n2c(C)nnc21. The predicted molar refractivity (Wildman–Crippen MR) is 141 cm³/mol. The summed E-state index contributed by atoms with van der Waals surface area (Å²) in [4.78, 5) is 18.6. The van der Waals surface area contributed by atoms with Crippen molar-refractivity contribution in [1.29, 1.82) is 0 Å². The number of hydrogen-bond donors (Lipinski definition) is 1. The lowest BCUT2D eigenvalue weighted by Gasteiger charge is -2.33. The number of aromatic nitrogens is 3. The van der Waals surface area contributed by atoms with Gasteiger partial charge in [-0.2, -0.15) is 0 Å². The number of hydrogen-bond acceptors (Lipinski definition) is 7. The molecule has 10 heteroatoms. The number of carbonyl (C=O) groups is 1. The lowest BCUT2D eigenvalue weighted by Crippen LogP contribution is -2.47. The maximum absolute atomic E-state index is 12.2. The van der Waals surface area contributed by atoms with Crippen LogP contribution in [0, 0.1) is 32.1 Å². The zero-order chi connectivity index (χ0) is 25.8. The fraction of sp³-hybridized carbons (Fsp3) is 0.462. The third-order valence-corrected chi connectivity index (χ3v) is 8.23. The molecule has 2 aliphatic rings. The van der Waals surface area contributed by atoms with Gasteiger partial charge in [0.15, 0.2) is 5.82 Å². The molecule has 2 atom stereocenters. The molecule has 4 heterocycles. The van der Waals surface area contributed by atoms with Crippen molar-refractivity contribution in [3.8, 4) is 5.00 Å². The number of aliphatic carboxylic acids is 1. The van der Waals surface area contributed by atoms with Gasteiger partial charge >= 0.3 is 13.1 Å². The number of nitrogens with zero attached hydrogens (tertiary/aromatic N) is 4. The highest BCUT2D eigenvalue weighted by Crippen LogP contribution is 2.41. The zero-order valence-corrected chi connectivity index (χ0v) is 22.3. The van der Waals surface area contributed by atoms with Crippen LogP contribution in [0.2, 0.25) is 0 Å². The molecule has 8 nitrogen and oxygen atoms in total. The first-order valence-corrected chi connectivity index (χ1v) is 13.1. The number of benzene rings is 1. The van der Waals surface area contributed by atoms with Crippen LogP contribution in [0.1, 0.15) is 66.5 Å². The largest absolute Gasteiger partial charge is 0.493 e. The van der Waals surface area contributed by atoms with Gasteiger partial charge in [-0.25, -0.2) is 0 Å².